The smallest absolute Gasteiger partial charge is 0.119 e. The second kappa shape index (κ2) is 6.83. The van der Waals surface area contributed by atoms with Gasteiger partial charge >= 0.3 is 0 Å². The molecule has 0 aliphatic heterocycles. The highest BCUT2D eigenvalue weighted by molar-refractivity contribution is 5.26. The number of rotatable bonds is 5. The largest absolute Gasteiger partial charge is 0.490 e. The Morgan fingerprint density at radius 3 is 2.43 bits per heavy atom. The van der Waals surface area contributed by atoms with Crippen molar-refractivity contribution in [3.63, 3.8) is 0 Å². The average Bonchev–Trinajstić information content (AvgIpc) is 2.49. The van der Waals surface area contributed by atoms with Crippen molar-refractivity contribution in [2.45, 2.75) is 59.5 Å². The van der Waals surface area contributed by atoms with Crippen molar-refractivity contribution < 1.29 is 4.74 Å². The van der Waals surface area contributed by atoms with Gasteiger partial charge in [-0.2, -0.15) is 0 Å². The maximum Gasteiger partial charge on any atom is 0.119 e. The molecule has 0 amide bonds. The Morgan fingerprint density at radius 2 is 1.86 bits per heavy atom. The van der Waals surface area contributed by atoms with Gasteiger partial charge in [0.15, 0.2) is 0 Å². The minimum atomic E-state index is 0.266. The topological polar surface area (TPSA) is 35.2 Å². The lowest BCUT2D eigenvalue weighted by Crippen LogP contribution is -2.42. The van der Waals surface area contributed by atoms with Crippen LogP contribution in [0, 0.1) is 24.2 Å². The molecule has 118 valence electrons. The monoisotopic (exact) mass is 289 g/mol. The maximum atomic E-state index is 6.30. The molecule has 0 bridgehead atoms. The van der Waals surface area contributed by atoms with Crippen LogP contribution in [0.2, 0.25) is 0 Å². The lowest BCUT2D eigenvalue weighted by Gasteiger charge is -2.42. The quantitative estimate of drug-likeness (QED) is 0.863. The average molecular weight is 289 g/mol. The fourth-order valence-electron chi connectivity index (χ4n) is 3.40. The standard InChI is InChI=1S/C19H31NO/c1-5-19(3,4)16-9-8-15(13-20)18(12-16)21-17-10-6-14(2)7-11-17/h6-7,10-11,15-16,18H,5,8-9,12-13,20H2,1-4H3. The van der Waals surface area contributed by atoms with Crippen molar-refractivity contribution in [1.29, 1.82) is 0 Å². The molecule has 2 N–H and O–H groups in total. The molecule has 2 rings (SSSR count). The Kier molecular flexibility index (Phi) is 5.32. The summed E-state index contributed by atoms with van der Waals surface area (Å²) in [6.07, 6.45) is 5.11. The second-order valence-corrected chi connectivity index (χ2v) is 7.32. The zero-order valence-electron chi connectivity index (χ0n) is 14.1. The van der Waals surface area contributed by atoms with Crippen LogP contribution in [0.1, 0.15) is 52.0 Å². The van der Waals surface area contributed by atoms with Crippen LogP contribution in [0.5, 0.6) is 5.75 Å². The molecule has 2 heteroatoms. The minimum Gasteiger partial charge on any atom is -0.490 e. The molecule has 2 nitrogen and oxygen atoms in total. The summed E-state index contributed by atoms with van der Waals surface area (Å²) in [5, 5.41) is 0. The van der Waals surface area contributed by atoms with E-state index in [1.54, 1.807) is 0 Å². The zero-order chi connectivity index (χ0) is 15.5. The van der Waals surface area contributed by atoms with E-state index in [9.17, 15) is 0 Å². The van der Waals surface area contributed by atoms with Gasteiger partial charge in [0.1, 0.15) is 11.9 Å². The number of aryl methyl sites for hydroxylation is 1. The lowest BCUT2D eigenvalue weighted by molar-refractivity contribution is 0.0259. The summed E-state index contributed by atoms with van der Waals surface area (Å²) in [5.41, 5.74) is 7.65. The molecule has 1 saturated carbocycles. The molecule has 21 heavy (non-hydrogen) atoms. The molecule has 0 heterocycles. The van der Waals surface area contributed by atoms with Crippen molar-refractivity contribution >= 4 is 0 Å². The third kappa shape index (κ3) is 4.00. The maximum absolute atomic E-state index is 6.30. The molecule has 3 unspecified atom stereocenters. The first-order valence-electron chi connectivity index (χ1n) is 8.39. The van der Waals surface area contributed by atoms with E-state index >= 15 is 0 Å². The first-order chi connectivity index (χ1) is 9.96. The van der Waals surface area contributed by atoms with Gasteiger partial charge in [-0.25, -0.2) is 0 Å². The summed E-state index contributed by atoms with van der Waals surface area (Å²) in [4.78, 5) is 0. The van der Waals surface area contributed by atoms with Gasteiger partial charge < -0.3 is 10.5 Å². The normalized spacial score (nSPS) is 26.6. The molecule has 0 radical (unpaired) electrons. The molecule has 1 fully saturated rings. The number of benzene rings is 1. The molecule has 0 aromatic heterocycles. The summed E-state index contributed by atoms with van der Waals surface area (Å²) < 4.78 is 6.30. The summed E-state index contributed by atoms with van der Waals surface area (Å²) >= 11 is 0. The molecule has 0 saturated heterocycles. The Labute approximate surface area is 130 Å². The molecular weight excluding hydrogens is 258 g/mol. The molecule has 3 atom stereocenters. The van der Waals surface area contributed by atoms with Crippen LogP contribution in [0.3, 0.4) is 0 Å². The van der Waals surface area contributed by atoms with Crippen molar-refractivity contribution in [1.82, 2.24) is 0 Å². The highest BCUT2D eigenvalue weighted by Gasteiger charge is 2.37. The van der Waals surface area contributed by atoms with Gasteiger partial charge in [0.2, 0.25) is 0 Å². The molecule has 1 aliphatic rings. The van der Waals surface area contributed by atoms with Gasteiger partial charge in [0.25, 0.3) is 0 Å². The Bertz CT molecular complexity index is 437. The van der Waals surface area contributed by atoms with E-state index in [0.717, 1.165) is 24.6 Å². The van der Waals surface area contributed by atoms with Gasteiger partial charge in [-0.3, -0.25) is 0 Å². The fourth-order valence-corrected chi connectivity index (χ4v) is 3.40. The third-order valence-corrected chi connectivity index (χ3v) is 5.56. The molecule has 1 aromatic rings. The van der Waals surface area contributed by atoms with E-state index in [1.807, 2.05) is 0 Å². The number of hydrogen-bond acceptors (Lipinski definition) is 2. The van der Waals surface area contributed by atoms with Gasteiger partial charge in [0.05, 0.1) is 0 Å². The third-order valence-electron chi connectivity index (χ3n) is 5.56. The second-order valence-electron chi connectivity index (χ2n) is 7.32. The Morgan fingerprint density at radius 1 is 1.19 bits per heavy atom. The zero-order valence-corrected chi connectivity index (χ0v) is 14.1. The lowest BCUT2D eigenvalue weighted by atomic mass is 9.66. The summed E-state index contributed by atoms with van der Waals surface area (Å²) in [6, 6.07) is 8.39. The van der Waals surface area contributed by atoms with E-state index in [2.05, 4.69) is 52.0 Å². The van der Waals surface area contributed by atoms with Gasteiger partial charge in [-0.15, -0.1) is 0 Å². The highest BCUT2D eigenvalue weighted by Crippen LogP contribution is 2.43. The van der Waals surface area contributed by atoms with E-state index in [1.165, 1.54) is 24.8 Å². The Hall–Kier alpha value is -1.02. The van der Waals surface area contributed by atoms with Crippen molar-refractivity contribution in [3.8, 4) is 5.75 Å². The van der Waals surface area contributed by atoms with Crippen molar-refractivity contribution in [2.24, 2.45) is 23.0 Å². The molecular formula is C19H31NO. The number of hydrogen-bond donors (Lipinski definition) is 1. The summed E-state index contributed by atoms with van der Waals surface area (Å²) in [5.74, 6) is 2.22. The number of ether oxygens (including phenoxy) is 1. The van der Waals surface area contributed by atoms with E-state index in [4.69, 9.17) is 10.5 Å². The molecule has 1 aliphatic carbocycles. The van der Waals surface area contributed by atoms with Gasteiger partial charge in [-0.1, -0.05) is 44.9 Å². The van der Waals surface area contributed by atoms with Gasteiger partial charge in [-0.05, 0) is 56.2 Å². The predicted octanol–water partition coefficient (Wildman–Crippen LogP) is 4.55. The van der Waals surface area contributed by atoms with Gasteiger partial charge in [0, 0.05) is 5.92 Å². The minimum absolute atomic E-state index is 0.266. The number of nitrogens with two attached hydrogens (primary N) is 1. The van der Waals surface area contributed by atoms with Crippen LogP contribution >= 0.6 is 0 Å². The summed E-state index contributed by atoms with van der Waals surface area (Å²) in [6.45, 7) is 9.92. The predicted molar refractivity (Wildman–Crippen MR) is 89.6 cm³/mol. The van der Waals surface area contributed by atoms with Crippen LogP contribution in [0.4, 0.5) is 0 Å². The Balaban J connectivity index is 2.08. The van der Waals surface area contributed by atoms with E-state index in [-0.39, 0.29) is 6.10 Å². The van der Waals surface area contributed by atoms with Crippen LogP contribution < -0.4 is 10.5 Å². The highest BCUT2D eigenvalue weighted by atomic mass is 16.5. The first-order valence-corrected chi connectivity index (χ1v) is 8.39. The van der Waals surface area contributed by atoms with Crippen molar-refractivity contribution in [2.75, 3.05) is 6.54 Å². The summed E-state index contributed by atoms with van der Waals surface area (Å²) in [7, 11) is 0. The van der Waals surface area contributed by atoms with Crippen molar-refractivity contribution in [3.05, 3.63) is 29.8 Å². The molecule has 0 spiro atoms. The SMILES string of the molecule is CCC(C)(C)C1CCC(CN)C(Oc2ccc(C)cc2)C1. The van der Waals surface area contributed by atoms with Crippen LogP contribution in [0.15, 0.2) is 24.3 Å². The van der Waals surface area contributed by atoms with E-state index in [0.29, 0.717) is 11.3 Å². The van der Waals surface area contributed by atoms with Crippen LogP contribution in [0.25, 0.3) is 0 Å². The van der Waals surface area contributed by atoms with E-state index < -0.39 is 0 Å². The first kappa shape index (κ1) is 16.4. The van der Waals surface area contributed by atoms with Crippen LogP contribution in [-0.2, 0) is 0 Å². The van der Waals surface area contributed by atoms with Crippen LogP contribution in [-0.4, -0.2) is 12.6 Å². The molecule has 1 aromatic carbocycles. The fraction of sp³-hybridized carbons (Fsp3) is 0.684.